The minimum Gasteiger partial charge on any atom is -0.254 e. The van der Waals surface area contributed by atoms with Crippen LogP contribution in [0.4, 0.5) is 11.4 Å². The Balaban J connectivity index is 2.58. The van der Waals surface area contributed by atoms with Crippen molar-refractivity contribution >= 4 is 37.3 Å². The van der Waals surface area contributed by atoms with Crippen molar-refractivity contribution in [2.45, 2.75) is 25.3 Å². The van der Waals surface area contributed by atoms with E-state index in [2.05, 4.69) is 20.9 Å². The highest BCUT2D eigenvalue weighted by atomic mass is 79.9. The van der Waals surface area contributed by atoms with Crippen molar-refractivity contribution in [2.24, 2.45) is 0 Å². The quantitative estimate of drug-likeness (QED) is 0.774. The van der Waals surface area contributed by atoms with Gasteiger partial charge in [-0.3, -0.25) is 4.31 Å². The summed E-state index contributed by atoms with van der Waals surface area (Å²) < 4.78 is 26.6. The molecule has 0 bridgehead atoms. The highest BCUT2D eigenvalue weighted by Crippen LogP contribution is 2.37. The summed E-state index contributed by atoms with van der Waals surface area (Å²) in [6.07, 6.45) is 5.73. The Morgan fingerprint density at radius 3 is 2.70 bits per heavy atom. The molecule has 1 aliphatic rings. The Morgan fingerprint density at radius 1 is 1.40 bits per heavy atom. The Bertz CT molecular complexity index is 679. The fourth-order valence-electron chi connectivity index (χ4n) is 2.37. The molecule has 5 nitrogen and oxygen atoms in total. The van der Waals surface area contributed by atoms with Crippen LogP contribution in [0.1, 0.15) is 19.3 Å². The van der Waals surface area contributed by atoms with Gasteiger partial charge in [-0.05, 0) is 25.3 Å². The molecule has 1 unspecified atom stereocenters. The van der Waals surface area contributed by atoms with Crippen molar-refractivity contribution in [1.29, 1.82) is 5.39 Å². The molecule has 1 aliphatic carbocycles. The Kier molecular flexibility index (Phi) is 4.45. The van der Waals surface area contributed by atoms with Crippen LogP contribution in [0.15, 0.2) is 34.8 Å². The average Bonchev–Trinajstić information content (AvgIpc) is 2.40. The van der Waals surface area contributed by atoms with Crippen LogP contribution in [0.5, 0.6) is 0 Å². The highest BCUT2D eigenvalue weighted by molar-refractivity contribution is 9.11. The lowest BCUT2D eigenvalue weighted by molar-refractivity contribution is 0.575. The van der Waals surface area contributed by atoms with Gasteiger partial charge in [-0.25, -0.2) is 8.42 Å². The van der Waals surface area contributed by atoms with Crippen LogP contribution in [0.2, 0.25) is 0 Å². The Labute approximate surface area is 127 Å². The second-order valence-electron chi connectivity index (χ2n) is 4.68. The first-order chi connectivity index (χ1) is 9.45. The summed E-state index contributed by atoms with van der Waals surface area (Å²) in [6.45, 7) is 0. The van der Waals surface area contributed by atoms with Crippen LogP contribution >= 0.6 is 15.9 Å². The van der Waals surface area contributed by atoms with Gasteiger partial charge < -0.3 is 0 Å². The van der Waals surface area contributed by atoms with E-state index in [1.165, 1.54) is 4.31 Å². The lowest BCUT2D eigenvalue weighted by Gasteiger charge is -2.32. The Hall–Kier alpha value is -1.39. The third kappa shape index (κ3) is 3.02. The van der Waals surface area contributed by atoms with E-state index < -0.39 is 10.0 Å². The minimum absolute atomic E-state index is 0.240. The predicted molar refractivity (Wildman–Crippen MR) is 83.2 cm³/mol. The summed E-state index contributed by atoms with van der Waals surface area (Å²) in [6, 6.07) is 6.36. The second kappa shape index (κ2) is 5.94. The summed E-state index contributed by atoms with van der Waals surface area (Å²) in [5.41, 5.74) is 0.624. The molecule has 0 radical (unpaired) electrons. The third-order valence-corrected chi connectivity index (χ3v) is 5.22. The van der Waals surface area contributed by atoms with E-state index in [1.54, 1.807) is 24.3 Å². The molecule has 2 rings (SSSR count). The molecule has 0 saturated carbocycles. The third-order valence-electron chi connectivity index (χ3n) is 3.21. The van der Waals surface area contributed by atoms with Gasteiger partial charge in [0.25, 0.3) is 0 Å². The van der Waals surface area contributed by atoms with Gasteiger partial charge in [0, 0.05) is 10.5 Å². The molecular formula is C13H15BrN3O2S+. The molecule has 0 aromatic heterocycles. The molecule has 7 heteroatoms. The van der Waals surface area contributed by atoms with Crippen molar-refractivity contribution in [2.75, 3.05) is 10.6 Å². The van der Waals surface area contributed by atoms with Crippen LogP contribution in [0, 0.1) is 5.39 Å². The molecule has 0 N–H and O–H groups in total. The summed E-state index contributed by atoms with van der Waals surface area (Å²) >= 11 is 3.45. The highest BCUT2D eigenvalue weighted by Gasteiger charge is 2.34. The minimum atomic E-state index is -3.49. The average molecular weight is 357 g/mol. The van der Waals surface area contributed by atoms with E-state index >= 15 is 0 Å². The standard InChI is InChI=1S/C13H15BrN3O2S/c1-20(18,19)17(12-8-4-2-6-10(12)14)13-9-5-3-7-11(13)16-15/h3,5-7,9,12H,2,4,8H2,1H3/q+1. The van der Waals surface area contributed by atoms with Gasteiger partial charge >= 0.3 is 5.69 Å². The fraction of sp³-hybridized carbons (Fsp3) is 0.385. The first-order valence-corrected chi connectivity index (χ1v) is 8.88. The van der Waals surface area contributed by atoms with Crippen LogP contribution in [-0.2, 0) is 10.0 Å². The molecule has 106 valence electrons. The zero-order valence-electron chi connectivity index (χ0n) is 11.0. The van der Waals surface area contributed by atoms with Gasteiger partial charge in [-0.1, -0.05) is 34.1 Å². The van der Waals surface area contributed by atoms with Crippen molar-refractivity contribution in [3.8, 4) is 0 Å². The van der Waals surface area contributed by atoms with Crippen molar-refractivity contribution < 1.29 is 8.42 Å². The predicted octanol–water partition coefficient (Wildman–Crippen LogP) is 3.77. The van der Waals surface area contributed by atoms with Crippen molar-refractivity contribution in [3.63, 3.8) is 0 Å². The fourth-order valence-corrected chi connectivity index (χ4v) is 4.36. The molecule has 0 aliphatic heterocycles. The molecular weight excluding hydrogens is 342 g/mol. The van der Waals surface area contributed by atoms with Crippen molar-refractivity contribution in [3.05, 3.63) is 39.8 Å². The summed E-state index contributed by atoms with van der Waals surface area (Å²) in [4.78, 5) is 3.18. The van der Waals surface area contributed by atoms with Gasteiger partial charge in [0.1, 0.15) is 5.69 Å². The van der Waals surface area contributed by atoms with Crippen LogP contribution in [0.3, 0.4) is 0 Å². The molecule has 1 aromatic rings. The van der Waals surface area contributed by atoms with Crippen molar-refractivity contribution in [1.82, 2.24) is 0 Å². The molecule has 1 atom stereocenters. The largest absolute Gasteiger partial charge is 0.409 e. The maximum atomic E-state index is 12.2. The van der Waals surface area contributed by atoms with E-state index in [0.717, 1.165) is 30.0 Å². The van der Waals surface area contributed by atoms with Crippen LogP contribution in [-0.4, -0.2) is 20.7 Å². The lowest BCUT2D eigenvalue weighted by Crippen LogP contribution is -2.41. The number of diazo groups is 1. The van der Waals surface area contributed by atoms with E-state index in [9.17, 15) is 8.42 Å². The molecule has 0 spiro atoms. The molecule has 0 amide bonds. The number of hydrogen-bond acceptors (Lipinski definition) is 3. The van der Waals surface area contributed by atoms with E-state index in [0.29, 0.717) is 5.69 Å². The molecule has 0 fully saturated rings. The normalized spacial score (nSPS) is 19.1. The lowest BCUT2D eigenvalue weighted by atomic mass is 10.0. The maximum absolute atomic E-state index is 12.2. The topological polar surface area (TPSA) is 65.5 Å². The summed E-state index contributed by atoms with van der Waals surface area (Å²) in [5, 5.41) is 9.07. The Morgan fingerprint density at radius 2 is 2.10 bits per heavy atom. The summed E-state index contributed by atoms with van der Waals surface area (Å²) in [5.74, 6) is 0. The maximum Gasteiger partial charge on any atom is 0.409 e. The number of anilines is 1. The van der Waals surface area contributed by atoms with Gasteiger partial charge in [0.2, 0.25) is 15.4 Å². The van der Waals surface area contributed by atoms with Crippen LogP contribution < -0.4 is 4.31 Å². The van der Waals surface area contributed by atoms with E-state index in [4.69, 9.17) is 5.39 Å². The monoisotopic (exact) mass is 356 g/mol. The van der Waals surface area contributed by atoms with Gasteiger partial charge in [-0.2, -0.15) is 0 Å². The molecule has 1 aromatic carbocycles. The smallest absolute Gasteiger partial charge is 0.254 e. The molecule has 0 saturated heterocycles. The number of nitrogens with zero attached hydrogens (tertiary/aromatic N) is 3. The zero-order valence-corrected chi connectivity index (χ0v) is 13.4. The van der Waals surface area contributed by atoms with Crippen LogP contribution in [0.25, 0.3) is 4.98 Å². The number of hydrogen-bond donors (Lipinski definition) is 0. The number of sulfonamides is 1. The second-order valence-corrected chi connectivity index (χ2v) is 7.46. The van der Waals surface area contributed by atoms with Gasteiger partial charge in [-0.15, -0.1) is 0 Å². The zero-order chi connectivity index (χ0) is 14.8. The number of allylic oxidation sites excluding steroid dienone is 1. The number of benzene rings is 1. The van der Waals surface area contributed by atoms with Gasteiger partial charge in [0.05, 0.1) is 12.3 Å². The number of halogens is 1. The van der Waals surface area contributed by atoms with E-state index in [-0.39, 0.29) is 11.7 Å². The number of rotatable bonds is 3. The first kappa shape index (κ1) is 15.0. The molecule has 0 heterocycles. The summed E-state index contributed by atoms with van der Waals surface area (Å²) in [7, 11) is -3.49. The SMILES string of the molecule is CS(=O)(=O)N(c1ccccc1[N+]#N)C1CCCC=C1Br. The number of para-hydroxylation sites is 1. The van der Waals surface area contributed by atoms with E-state index in [1.807, 2.05) is 6.08 Å². The first-order valence-electron chi connectivity index (χ1n) is 6.24. The molecule has 20 heavy (non-hydrogen) atoms. The van der Waals surface area contributed by atoms with Gasteiger partial charge in [0.15, 0.2) is 4.98 Å².